The van der Waals surface area contributed by atoms with Gasteiger partial charge in [0.15, 0.2) is 0 Å². The van der Waals surface area contributed by atoms with Gasteiger partial charge in [-0.3, -0.25) is 9.59 Å². The Bertz CT molecular complexity index is 1290. The van der Waals surface area contributed by atoms with Gasteiger partial charge in [0.05, 0.1) is 11.4 Å². The predicted octanol–water partition coefficient (Wildman–Crippen LogP) is 2.69. The lowest BCUT2D eigenvalue weighted by atomic mass is 10.1. The molecule has 0 fully saturated rings. The first-order valence-electron chi connectivity index (χ1n) is 10.1. The van der Waals surface area contributed by atoms with E-state index >= 15 is 0 Å². The van der Waals surface area contributed by atoms with Crippen LogP contribution in [0, 0.1) is 13.8 Å². The van der Waals surface area contributed by atoms with Crippen LogP contribution >= 0.6 is 0 Å². The van der Waals surface area contributed by atoms with Crippen LogP contribution in [0.1, 0.15) is 32.6 Å². The van der Waals surface area contributed by atoms with Crippen LogP contribution in [-0.2, 0) is 23.1 Å². The van der Waals surface area contributed by atoms with Gasteiger partial charge in [-0.2, -0.15) is 0 Å². The van der Waals surface area contributed by atoms with Crippen LogP contribution in [0.15, 0.2) is 70.5 Å². The third-order valence-electron chi connectivity index (χ3n) is 5.37. The molecule has 1 heterocycles. The molecule has 0 atom stereocenters. The summed E-state index contributed by atoms with van der Waals surface area (Å²) in [5.41, 5.74) is 3.47. The Hall–Kier alpha value is -3.23. The molecular weight excluding hydrogens is 426 g/mol. The fourth-order valence-electron chi connectivity index (χ4n) is 3.26. The summed E-state index contributed by atoms with van der Waals surface area (Å²) in [4.78, 5) is 24.7. The first-order valence-corrected chi connectivity index (χ1v) is 11.6. The minimum Gasteiger partial charge on any atom is -0.348 e. The number of aryl methyl sites for hydroxylation is 1. The largest absolute Gasteiger partial charge is 0.348 e. The van der Waals surface area contributed by atoms with Gasteiger partial charge < -0.3 is 9.88 Å². The molecule has 0 aliphatic rings. The summed E-state index contributed by atoms with van der Waals surface area (Å²) < 4.78 is 28.0. The molecule has 32 heavy (non-hydrogen) atoms. The Balaban J connectivity index is 1.71. The van der Waals surface area contributed by atoms with Gasteiger partial charge in [-0.15, -0.1) is 0 Å². The predicted molar refractivity (Wildman–Crippen MR) is 124 cm³/mol. The van der Waals surface area contributed by atoms with E-state index in [4.69, 9.17) is 0 Å². The van der Waals surface area contributed by atoms with E-state index in [0.29, 0.717) is 24.2 Å². The van der Waals surface area contributed by atoms with E-state index in [-0.39, 0.29) is 16.4 Å². The maximum Gasteiger partial charge on any atom is 0.251 e. The highest BCUT2D eigenvalue weighted by Gasteiger charge is 2.22. The van der Waals surface area contributed by atoms with E-state index in [1.807, 2.05) is 30.3 Å². The van der Waals surface area contributed by atoms with Crippen LogP contribution < -0.4 is 10.9 Å². The third-order valence-corrected chi connectivity index (χ3v) is 7.31. The number of nitrogens with one attached hydrogen (secondary N) is 1. The molecule has 3 aromatic rings. The van der Waals surface area contributed by atoms with Crippen molar-refractivity contribution >= 4 is 15.9 Å². The van der Waals surface area contributed by atoms with E-state index in [9.17, 15) is 18.0 Å². The lowest BCUT2D eigenvalue weighted by Gasteiger charge is -2.16. The van der Waals surface area contributed by atoms with Crippen LogP contribution in [0.2, 0.25) is 0 Å². The van der Waals surface area contributed by atoms with Crippen molar-refractivity contribution in [1.29, 1.82) is 0 Å². The van der Waals surface area contributed by atoms with Gasteiger partial charge in [0.2, 0.25) is 10.0 Å². The minimum absolute atomic E-state index is 0.0621. The normalized spacial score (nSPS) is 11.5. The van der Waals surface area contributed by atoms with Crippen molar-refractivity contribution in [3.05, 3.63) is 99.0 Å². The Kier molecular flexibility index (Phi) is 6.96. The van der Waals surface area contributed by atoms with Crippen molar-refractivity contribution in [1.82, 2.24) is 14.2 Å². The molecule has 2 aromatic carbocycles. The summed E-state index contributed by atoms with van der Waals surface area (Å²) in [6.45, 7) is 4.29. The van der Waals surface area contributed by atoms with E-state index in [1.54, 1.807) is 36.7 Å². The van der Waals surface area contributed by atoms with Crippen molar-refractivity contribution in [2.75, 3.05) is 14.1 Å². The van der Waals surface area contributed by atoms with Crippen LogP contribution in [0.5, 0.6) is 0 Å². The quantitative estimate of drug-likeness (QED) is 0.596. The summed E-state index contributed by atoms with van der Waals surface area (Å²) in [5, 5.41) is 2.85. The van der Waals surface area contributed by atoms with Gasteiger partial charge in [0.1, 0.15) is 0 Å². The molecule has 1 aromatic heterocycles. The third kappa shape index (κ3) is 5.15. The maximum absolute atomic E-state index is 12.7. The van der Waals surface area contributed by atoms with Crippen molar-refractivity contribution in [3.8, 4) is 0 Å². The highest BCUT2D eigenvalue weighted by molar-refractivity contribution is 7.89. The van der Waals surface area contributed by atoms with Gasteiger partial charge >= 0.3 is 0 Å². The molecule has 1 N–H and O–H groups in total. The van der Waals surface area contributed by atoms with E-state index in [2.05, 4.69) is 5.32 Å². The molecule has 3 rings (SSSR count). The molecule has 7 nitrogen and oxygen atoms in total. The average molecular weight is 454 g/mol. The summed E-state index contributed by atoms with van der Waals surface area (Å²) in [5.74, 6) is -0.344. The highest BCUT2D eigenvalue weighted by Crippen LogP contribution is 2.23. The zero-order valence-corrected chi connectivity index (χ0v) is 19.4. The lowest BCUT2D eigenvalue weighted by Crippen LogP contribution is -2.26. The molecule has 0 spiro atoms. The number of nitrogens with zero attached hydrogens (tertiary/aromatic N) is 2. The van der Waals surface area contributed by atoms with Gasteiger partial charge in [0, 0.05) is 38.5 Å². The Morgan fingerprint density at radius 3 is 2.28 bits per heavy atom. The molecular formula is C24H27N3O4S. The fourth-order valence-corrected chi connectivity index (χ4v) is 4.47. The number of benzene rings is 2. The van der Waals surface area contributed by atoms with E-state index < -0.39 is 10.0 Å². The van der Waals surface area contributed by atoms with Crippen LogP contribution in [-0.4, -0.2) is 37.3 Å². The molecule has 0 radical (unpaired) electrons. The molecule has 0 aliphatic heterocycles. The molecule has 1 amide bonds. The van der Waals surface area contributed by atoms with E-state index in [0.717, 1.165) is 21.0 Å². The molecule has 0 saturated heterocycles. The molecule has 8 heteroatoms. The van der Waals surface area contributed by atoms with E-state index in [1.165, 1.54) is 26.2 Å². The lowest BCUT2D eigenvalue weighted by molar-refractivity contribution is 0.0950. The van der Waals surface area contributed by atoms with Crippen molar-refractivity contribution in [2.24, 2.45) is 0 Å². The second-order valence-corrected chi connectivity index (χ2v) is 9.99. The second-order valence-electron chi connectivity index (χ2n) is 7.87. The van der Waals surface area contributed by atoms with Gasteiger partial charge in [-0.25, -0.2) is 12.7 Å². The molecule has 0 bridgehead atoms. The summed E-state index contributed by atoms with van der Waals surface area (Å²) in [6, 6.07) is 15.8. The number of carbonyl (C=O) groups excluding carboxylic acids is 1. The van der Waals surface area contributed by atoms with Crippen LogP contribution in [0.25, 0.3) is 0 Å². The zero-order valence-electron chi connectivity index (χ0n) is 18.6. The topological polar surface area (TPSA) is 88.5 Å². The Labute approximate surface area is 188 Å². The van der Waals surface area contributed by atoms with Gasteiger partial charge in [-0.1, -0.05) is 30.3 Å². The van der Waals surface area contributed by atoms with Crippen molar-refractivity contribution in [3.63, 3.8) is 0 Å². The minimum atomic E-state index is -3.66. The van der Waals surface area contributed by atoms with Crippen LogP contribution in [0.4, 0.5) is 0 Å². The number of aromatic nitrogens is 1. The van der Waals surface area contributed by atoms with Crippen LogP contribution in [0.3, 0.4) is 0 Å². The number of carbonyl (C=O) groups is 1. The first kappa shape index (κ1) is 23.4. The van der Waals surface area contributed by atoms with Gasteiger partial charge in [-0.05, 0) is 54.3 Å². The van der Waals surface area contributed by atoms with Gasteiger partial charge in [0.25, 0.3) is 11.5 Å². The number of hydrogen-bond donors (Lipinski definition) is 1. The molecule has 0 saturated carbocycles. The SMILES string of the molecule is Cc1cc(C(=O)NCc2ccc(Cn3ccccc3=O)cc2)cc(S(=O)(=O)N(C)C)c1C. The number of amides is 1. The molecule has 0 aliphatic carbocycles. The fraction of sp³-hybridized carbons (Fsp3) is 0.250. The maximum atomic E-state index is 12.7. The highest BCUT2D eigenvalue weighted by atomic mass is 32.2. The monoisotopic (exact) mass is 453 g/mol. The summed E-state index contributed by atoms with van der Waals surface area (Å²) in [6.07, 6.45) is 1.74. The van der Waals surface area contributed by atoms with Crippen molar-refractivity contribution < 1.29 is 13.2 Å². The van der Waals surface area contributed by atoms with Crippen molar-refractivity contribution in [2.45, 2.75) is 31.8 Å². The number of pyridine rings is 1. The molecule has 0 unspecified atom stereocenters. The second kappa shape index (κ2) is 9.50. The molecule has 168 valence electrons. The standard InChI is InChI=1S/C24H27N3O4S/c1-17-13-21(14-22(18(17)2)32(30,31)26(3)4)24(29)25-15-19-8-10-20(11-9-19)16-27-12-6-5-7-23(27)28/h5-14H,15-16H2,1-4H3,(H,25,29). The smallest absolute Gasteiger partial charge is 0.251 e. The number of sulfonamides is 1. The Morgan fingerprint density at radius 2 is 1.66 bits per heavy atom. The summed E-state index contributed by atoms with van der Waals surface area (Å²) >= 11 is 0. The number of rotatable bonds is 7. The zero-order chi connectivity index (χ0) is 23.5. The summed E-state index contributed by atoms with van der Waals surface area (Å²) in [7, 11) is -0.724. The first-order chi connectivity index (χ1) is 15.1. The number of hydrogen-bond acceptors (Lipinski definition) is 4. The average Bonchev–Trinajstić information content (AvgIpc) is 2.76. The Morgan fingerprint density at radius 1 is 1.00 bits per heavy atom.